The summed E-state index contributed by atoms with van der Waals surface area (Å²) in [6, 6.07) is 3.95. The zero-order chi connectivity index (χ0) is 12.1. The summed E-state index contributed by atoms with van der Waals surface area (Å²) in [6.07, 6.45) is 0. The van der Waals surface area contributed by atoms with Crippen LogP contribution in [-0.4, -0.2) is 26.1 Å². The molecule has 0 aromatic heterocycles. The highest BCUT2D eigenvalue weighted by Gasteiger charge is 2.11. The van der Waals surface area contributed by atoms with E-state index in [1.807, 2.05) is 0 Å². The predicted molar refractivity (Wildman–Crippen MR) is 60.1 cm³/mol. The number of hydrogen-bond acceptors (Lipinski definition) is 3. The Kier molecular flexibility index (Phi) is 4.25. The Morgan fingerprint density at radius 2 is 2.19 bits per heavy atom. The summed E-state index contributed by atoms with van der Waals surface area (Å²) in [6.45, 7) is 1.72. The van der Waals surface area contributed by atoms with Crippen LogP contribution in [0, 0.1) is 5.82 Å². The molecule has 0 radical (unpaired) electrons. The van der Waals surface area contributed by atoms with E-state index in [2.05, 4.69) is 10.6 Å². The van der Waals surface area contributed by atoms with Crippen LogP contribution >= 0.6 is 0 Å². The van der Waals surface area contributed by atoms with Crippen LogP contribution in [0.1, 0.15) is 6.92 Å². The molecule has 16 heavy (non-hydrogen) atoms. The third-order valence-corrected chi connectivity index (χ3v) is 2.25. The number of rotatable bonds is 4. The van der Waals surface area contributed by atoms with E-state index in [0.29, 0.717) is 5.69 Å². The first kappa shape index (κ1) is 12.4. The molecule has 88 valence electrons. The molecular weight excluding hydrogens is 211 g/mol. The average molecular weight is 226 g/mol. The van der Waals surface area contributed by atoms with E-state index in [1.54, 1.807) is 20.0 Å². The molecular formula is C11H15FN2O2. The molecule has 0 saturated heterocycles. The van der Waals surface area contributed by atoms with Crippen LogP contribution in [0.5, 0.6) is 5.75 Å². The van der Waals surface area contributed by atoms with Crippen molar-refractivity contribution in [3.63, 3.8) is 0 Å². The van der Waals surface area contributed by atoms with E-state index >= 15 is 0 Å². The maximum atomic E-state index is 13.3. The molecule has 1 unspecified atom stereocenters. The van der Waals surface area contributed by atoms with Gasteiger partial charge in [0.1, 0.15) is 0 Å². The molecule has 1 amide bonds. The van der Waals surface area contributed by atoms with Gasteiger partial charge in [0, 0.05) is 11.8 Å². The topological polar surface area (TPSA) is 50.4 Å². The number of methoxy groups -OCH3 is 1. The van der Waals surface area contributed by atoms with Crippen molar-refractivity contribution in [1.82, 2.24) is 5.32 Å². The monoisotopic (exact) mass is 226 g/mol. The maximum absolute atomic E-state index is 13.3. The maximum Gasteiger partial charge on any atom is 0.241 e. The van der Waals surface area contributed by atoms with Gasteiger partial charge in [0.05, 0.1) is 13.2 Å². The number of likely N-dealkylation sites (N-methyl/N-ethyl adjacent to an activating group) is 1. The van der Waals surface area contributed by atoms with Crippen LogP contribution in [0.2, 0.25) is 0 Å². The molecule has 0 aliphatic heterocycles. The van der Waals surface area contributed by atoms with Gasteiger partial charge in [-0.2, -0.15) is 0 Å². The number of carbonyl (C=O) groups is 1. The molecule has 0 aliphatic carbocycles. The lowest BCUT2D eigenvalue weighted by Crippen LogP contribution is -2.35. The van der Waals surface area contributed by atoms with Crippen molar-refractivity contribution in [3.8, 4) is 5.75 Å². The minimum absolute atomic E-state index is 0.152. The molecule has 0 bridgehead atoms. The fourth-order valence-corrected chi connectivity index (χ4v) is 1.13. The fraction of sp³-hybridized carbons (Fsp3) is 0.364. The smallest absolute Gasteiger partial charge is 0.241 e. The molecule has 2 N–H and O–H groups in total. The lowest BCUT2D eigenvalue weighted by molar-refractivity contribution is -0.117. The van der Waals surface area contributed by atoms with Gasteiger partial charge in [-0.05, 0) is 26.1 Å². The van der Waals surface area contributed by atoms with Crippen LogP contribution in [0.4, 0.5) is 10.1 Å². The summed E-state index contributed by atoms with van der Waals surface area (Å²) in [5, 5.41) is 5.38. The Hall–Kier alpha value is -1.62. The van der Waals surface area contributed by atoms with Crippen molar-refractivity contribution >= 4 is 11.6 Å². The molecule has 0 spiro atoms. The summed E-state index contributed by atoms with van der Waals surface area (Å²) in [5.74, 6) is -0.566. The van der Waals surface area contributed by atoms with Gasteiger partial charge in [0.25, 0.3) is 0 Å². The Morgan fingerprint density at radius 3 is 2.69 bits per heavy atom. The van der Waals surface area contributed by atoms with Crippen molar-refractivity contribution in [3.05, 3.63) is 24.0 Å². The van der Waals surface area contributed by atoms with Crippen molar-refractivity contribution in [2.45, 2.75) is 13.0 Å². The Bertz CT molecular complexity index is 382. The minimum Gasteiger partial charge on any atom is -0.494 e. The highest BCUT2D eigenvalue weighted by molar-refractivity contribution is 5.94. The second kappa shape index (κ2) is 5.46. The molecule has 5 heteroatoms. The van der Waals surface area contributed by atoms with Gasteiger partial charge in [0.15, 0.2) is 11.6 Å². The molecule has 0 fully saturated rings. The molecule has 4 nitrogen and oxygen atoms in total. The first-order chi connectivity index (χ1) is 7.58. The summed E-state index contributed by atoms with van der Waals surface area (Å²) >= 11 is 0. The van der Waals surface area contributed by atoms with Crippen molar-refractivity contribution in [2.24, 2.45) is 0 Å². The average Bonchev–Trinajstić information content (AvgIpc) is 2.28. The third-order valence-electron chi connectivity index (χ3n) is 2.25. The van der Waals surface area contributed by atoms with E-state index in [0.717, 1.165) is 0 Å². The minimum atomic E-state index is -0.502. The second-order valence-corrected chi connectivity index (χ2v) is 3.35. The van der Waals surface area contributed by atoms with Crippen LogP contribution in [-0.2, 0) is 4.79 Å². The SMILES string of the molecule is CNC(C)C(=O)Nc1ccc(OC)c(F)c1. The zero-order valence-electron chi connectivity index (χ0n) is 9.50. The number of anilines is 1. The van der Waals surface area contributed by atoms with Gasteiger partial charge >= 0.3 is 0 Å². The van der Waals surface area contributed by atoms with Gasteiger partial charge < -0.3 is 15.4 Å². The number of hydrogen-bond donors (Lipinski definition) is 2. The Labute approximate surface area is 93.8 Å². The summed E-state index contributed by atoms with van der Waals surface area (Å²) < 4.78 is 18.1. The van der Waals surface area contributed by atoms with Gasteiger partial charge in [-0.25, -0.2) is 4.39 Å². The molecule has 0 saturated carbocycles. The highest BCUT2D eigenvalue weighted by atomic mass is 19.1. The van der Waals surface area contributed by atoms with Gasteiger partial charge in [-0.3, -0.25) is 4.79 Å². The summed E-state index contributed by atoms with van der Waals surface area (Å²) in [5.41, 5.74) is 0.408. The molecule has 1 aromatic rings. The first-order valence-electron chi connectivity index (χ1n) is 4.90. The van der Waals surface area contributed by atoms with Crippen molar-refractivity contribution in [2.75, 3.05) is 19.5 Å². The normalized spacial score (nSPS) is 12.0. The van der Waals surface area contributed by atoms with Gasteiger partial charge in [-0.1, -0.05) is 0 Å². The van der Waals surface area contributed by atoms with Crippen LogP contribution in [0.25, 0.3) is 0 Å². The fourth-order valence-electron chi connectivity index (χ4n) is 1.13. The number of amides is 1. The standard InChI is InChI=1S/C11H15FN2O2/c1-7(13-2)11(15)14-8-4-5-10(16-3)9(12)6-8/h4-7,13H,1-3H3,(H,14,15). The Morgan fingerprint density at radius 1 is 1.50 bits per heavy atom. The lowest BCUT2D eigenvalue weighted by Gasteiger charge is -2.11. The van der Waals surface area contributed by atoms with Crippen molar-refractivity contribution in [1.29, 1.82) is 0 Å². The van der Waals surface area contributed by atoms with Gasteiger partial charge in [0.2, 0.25) is 5.91 Å². The number of halogens is 1. The highest BCUT2D eigenvalue weighted by Crippen LogP contribution is 2.20. The van der Waals surface area contributed by atoms with Crippen LogP contribution in [0.15, 0.2) is 18.2 Å². The van der Waals surface area contributed by atoms with E-state index in [4.69, 9.17) is 4.74 Å². The summed E-state index contributed by atoms with van der Waals surface area (Å²) in [7, 11) is 3.07. The number of ether oxygens (including phenoxy) is 1. The first-order valence-corrected chi connectivity index (χ1v) is 4.90. The molecule has 1 atom stereocenters. The molecule has 1 aromatic carbocycles. The quantitative estimate of drug-likeness (QED) is 0.815. The van der Waals surface area contributed by atoms with Crippen LogP contribution < -0.4 is 15.4 Å². The lowest BCUT2D eigenvalue weighted by atomic mass is 10.2. The third kappa shape index (κ3) is 2.93. The predicted octanol–water partition coefficient (Wildman–Crippen LogP) is 1.38. The Balaban J connectivity index is 2.75. The molecule has 0 heterocycles. The number of benzene rings is 1. The summed E-state index contributed by atoms with van der Waals surface area (Å²) in [4.78, 5) is 11.5. The van der Waals surface area contributed by atoms with E-state index in [-0.39, 0.29) is 17.7 Å². The van der Waals surface area contributed by atoms with E-state index < -0.39 is 5.82 Å². The number of nitrogens with one attached hydrogen (secondary N) is 2. The van der Waals surface area contributed by atoms with Crippen molar-refractivity contribution < 1.29 is 13.9 Å². The van der Waals surface area contributed by atoms with Crippen LogP contribution in [0.3, 0.4) is 0 Å². The zero-order valence-corrected chi connectivity index (χ0v) is 9.50. The van der Waals surface area contributed by atoms with E-state index in [1.165, 1.54) is 19.2 Å². The molecule has 0 aliphatic rings. The molecule has 1 rings (SSSR count). The van der Waals surface area contributed by atoms with E-state index in [9.17, 15) is 9.18 Å². The second-order valence-electron chi connectivity index (χ2n) is 3.35. The number of carbonyl (C=O) groups excluding carboxylic acids is 1. The largest absolute Gasteiger partial charge is 0.494 e. The van der Waals surface area contributed by atoms with Gasteiger partial charge in [-0.15, -0.1) is 0 Å².